The first kappa shape index (κ1) is 22.1. The van der Waals surface area contributed by atoms with Crippen molar-refractivity contribution in [1.82, 2.24) is 9.97 Å². The molecule has 3 heterocycles. The summed E-state index contributed by atoms with van der Waals surface area (Å²) in [7, 11) is -3.99. The van der Waals surface area contributed by atoms with E-state index in [9.17, 15) is 17.6 Å². The van der Waals surface area contributed by atoms with Crippen molar-refractivity contribution >= 4 is 44.8 Å². The number of benzene rings is 1. The smallest absolute Gasteiger partial charge is 0.279 e. The average molecular weight is 475 g/mol. The Morgan fingerprint density at radius 3 is 2.66 bits per heavy atom. The lowest BCUT2D eigenvalue weighted by atomic mass is 10.0. The molecule has 1 atom stereocenters. The Kier molecular flexibility index (Phi) is 5.80. The van der Waals surface area contributed by atoms with Crippen LogP contribution in [0.15, 0.2) is 48.0 Å². The quantitative estimate of drug-likeness (QED) is 0.557. The molecule has 0 saturated carbocycles. The van der Waals surface area contributed by atoms with Crippen LogP contribution in [-0.4, -0.2) is 36.7 Å². The topological polar surface area (TPSA) is 92.7 Å². The maximum atomic E-state index is 14.0. The lowest BCUT2D eigenvalue weighted by molar-refractivity contribution is 0.0953. The molecule has 1 unspecified atom stereocenters. The first-order chi connectivity index (χ1) is 15.1. The number of fused-ring (bicyclic) bond motifs is 1. The van der Waals surface area contributed by atoms with Gasteiger partial charge in [-0.05, 0) is 56.3 Å². The largest absolute Gasteiger partial charge is 0.285 e. The van der Waals surface area contributed by atoms with Gasteiger partial charge in [-0.3, -0.25) is 14.7 Å². The van der Waals surface area contributed by atoms with Crippen LogP contribution in [-0.2, 0) is 14.4 Å². The first-order valence-corrected chi connectivity index (χ1v) is 12.2. The van der Waals surface area contributed by atoms with Crippen molar-refractivity contribution in [3.05, 3.63) is 75.8 Å². The number of carbonyl (C=O) groups excluding carboxylic acids is 1. The predicted molar refractivity (Wildman–Crippen MR) is 120 cm³/mol. The van der Waals surface area contributed by atoms with E-state index in [0.717, 1.165) is 28.5 Å². The third kappa shape index (κ3) is 4.40. The van der Waals surface area contributed by atoms with E-state index in [0.29, 0.717) is 17.1 Å². The molecule has 0 radical (unpaired) electrons. The molecule has 0 saturated heterocycles. The number of pyridine rings is 1. The second kappa shape index (κ2) is 8.41. The van der Waals surface area contributed by atoms with Crippen molar-refractivity contribution in [3.8, 4) is 0 Å². The molecule has 1 aliphatic rings. The van der Waals surface area contributed by atoms with Gasteiger partial charge in [0.1, 0.15) is 5.82 Å². The Morgan fingerprint density at radius 2 is 2.00 bits per heavy atom. The van der Waals surface area contributed by atoms with E-state index in [1.165, 1.54) is 22.3 Å². The van der Waals surface area contributed by atoms with Crippen LogP contribution < -0.4 is 9.96 Å². The van der Waals surface area contributed by atoms with E-state index >= 15 is 0 Å². The van der Waals surface area contributed by atoms with Gasteiger partial charge in [0.05, 0.1) is 39.6 Å². The van der Waals surface area contributed by atoms with Gasteiger partial charge in [-0.25, -0.2) is 14.4 Å². The van der Waals surface area contributed by atoms with Crippen LogP contribution in [0.3, 0.4) is 0 Å². The van der Waals surface area contributed by atoms with Gasteiger partial charge >= 0.3 is 0 Å². The number of aromatic nitrogens is 2. The highest BCUT2D eigenvalue weighted by Gasteiger charge is 2.40. The summed E-state index contributed by atoms with van der Waals surface area (Å²) in [6, 6.07) is 6.84. The average Bonchev–Trinajstić information content (AvgIpc) is 3.14. The van der Waals surface area contributed by atoms with E-state index in [4.69, 9.17) is 4.28 Å². The number of carbonyl (C=O) groups is 1. The van der Waals surface area contributed by atoms with Crippen LogP contribution in [0.1, 0.15) is 26.8 Å². The SMILES string of the molecule is Cc1nc(C=CC2N(OS(C)(=O)=O)c3ccc(F)cc3C(=O)N2c2cccnc2C)cs1. The number of anilines is 2. The molecule has 1 amide bonds. The molecule has 0 bridgehead atoms. The molecule has 3 aromatic rings. The fourth-order valence-electron chi connectivity index (χ4n) is 3.39. The molecule has 0 spiro atoms. The molecular formula is C21H19FN4O4S2. The summed E-state index contributed by atoms with van der Waals surface area (Å²) < 4.78 is 43.5. The van der Waals surface area contributed by atoms with Gasteiger partial charge in [-0.1, -0.05) is 0 Å². The van der Waals surface area contributed by atoms with Crippen LogP contribution in [0.5, 0.6) is 0 Å². The van der Waals surface area contributed by atoms with Crippen molar-refractivity contribution in [2.24, 2.45) is 0 Å². The summed E-state index contributed by atoms with van der Waals surface area (Å²) in [5, 5.41) is 3.77. The number of hydrogen-bond acceptors (Lipinski definition) is 8. The number of thiazole rings is 1. The molecule has 11 heteroatoms. The van der Waals surface area contributed by atoms with Crippen LogP contribution in [0.25, 0.3) is 6.08 Å². The van der Waals surface area contributed by atoms with Crippen LogP contribution in [0, 0.1) is 19.7 Å². The maximum Gasteiger partial charge on any atom is 0.285 e. The lowest BCUT2D eigenvalue weighted by Gasteiger charge is -2.42. The summed E-state index contributed by atoms with van der Waals surface area (Å²) in [6.45, 7) is 3.58. The summed E-state index contributed by atoms with van der Waals surface area (Å²) in [4.78, 5) is 23.4. The number of nitrogens with zero attached hydrogens (tertiary/aromatic N) is 4. The zero-order chi connectivity index (χ0) is 23.0. The van der Waals surface area contributed by atoms with Crippen molar-refractivity contribution in [3.63, 3.8) is 0 Å². The number of halogens is 1. The van der Waals surface area contributed by atoms with E-state index in [1.54, 1.807) is 37.4 Å². The van der Waals surface area contributed by atoms with E-state index in [1.807, 2.05) is 12.3 Å². The van der Waals surface area contributed by atoms with Gasteiger partial charge in [0.25, 0.3) is 16.0 Å². The van der Waals surface area contributed by atoms with Gasteiger partial charge in [0.2, 0.25) is 0 Å². The normalized spacial score (nSPS) is 16.6. The Hall–Kier alpha value is -3.15. The Morgan fingerprint density at radius 1 is 1.22 bits per heavy atom. The van der Waals surface area contributed by atoms with Crippen LogP contribution in [0.2, 0.25) is 0 Å². The summed E-state index contributed by atoms with van der Waals surface area (Å²) in [6.07, 6.45) is 4.75. The summed E-state index contributed by atoms with van der Waals surface area (Å²) >= 11 is 1.46. The molecule has 1 aliphatic heterocycles. The molecule has 0 fully saturated rings. The maximum absolute atomic E-state index is 14.0. The minimum atomic E-state index is -3.99. The van der Waals surface area contributed by atoms with Crippen LogP contribution >= 0.6 is 11.3 Å². The second-order valence-corrected chi connectivity index (χ2v) is 9.73. The minimum Gasteiger partial charge on any atom is -0.279 e. The minimum absolute atomic E-state index is 0.0361. The highest BCUT2D eigenvalue weighted by Crippen LogP contribution is 2.37. The van der Waals surface area contributed by atoms with Gasteiger partial charge < -0.3 is 0 Å². The molecular weight excluding hydrogens is 455 g/mol. The zero-order valence-electron chi connectivity index (χ0n) is 17.4. The van der Waals surface area contributed by atoms with Gasteiger partial charge in [-0.15, -0.1) is 15.6 Å². The molecule has 32 heavy (non-hydrogen) atoms. The monoisotopic (exact) mass is 474 g/mol. The van der Waals surface area contributed by atoms with E-state index < -0.39 is 28.0 Å². The van der Waals surface area contributed by atoms with Crippen molar-refractivity contribution in [2.45, 2.75) is 20.0 Å². The summed E-state index contributed by atoms with van der Waals surface area (Å²) in [5.41, 5.74) is 1.70. The zero-order valence-corrected chi connectivity index (χ0v) is 19.0. The number of hydrogen-bond donors (Lipinski definition) is 0. The number of amides is 1. The van der Waals surface area contributed by atoms with E-state index in [-0.39, 0.29) is 11.3 Å². The number of rotatable bonds is 5. The highest BCUT2D eigenvalue weighted by atomic mass is 32.2. The third-order valence-electron chi connectivity index (χ3n) is 4.68. The number of hydroxylamine groups is 1. The third-order valence-corrected chi connectivity index (χ3v) is 5.90. The lowest BCUT2D eigenvalue weighted by Crippen LogP contribution is -2.55. The van der Waals surface area contributed by atoms with Gasteiger partial charge in [0, 0.05) is 11.6 Å². The van der Waals surface area contributed by atoms with Crippen LogP contribution in [0.4, 0.5) is 15.8 Å². The molecule has 0 aliphatic carbocycles. The van der Waals surface area contributed by atoms with E-state index in [2.05, 4.69) is 9.97 Å². The Bertz CT molecular complexity index is 1320. The predicted octanol–water partition coefficient (Wildman–Crippen LogP) is 3.69. The molecule has 166 valence electrons. The Balaban J connectivity index is 1.93. The molecule has 2 aromatic heterocycles. The van der Waals surface area contributed by atoms with Gasteiger partial charge in [-0.2, -0.15) is 8.42 Å². The summed E-state index contributed by atoms with van der Waals surface area (Å²) in [5.74, 6) is -1.15. The first-order valence-electron chi connectivity index (χ1n) is 9.48. The van der Waals surface area contributed by atoms with Gasteiger partial charge in [0.15, 0.2) is 6.17 Å². The highest BCUT2D eigenvalue weighted by molar-refractivity contribution is 7.86. The van der Waals surface area contributed by atoms with Crippen molar-refractivity contribution in [1.29, 1.82) is 0 Å². The van der Waals surface area contributed by atoms with Crippen molar-refractivity contribution in [2.75, 3.05) is 16.2 Å². The molecule has 8 nitrogen and oxygen atoms in total. The standard InChI is InChI=1S/C21H19FN4O4S2/c1-13-18(5-4-10-23-13)25-20(9-7-16-12-31-14(2)24-16)26(30-32(3,28)29)19-8-6-15(22)11-17(19)21(25)27/h4-12,20H,1-3H3. The van der Waals surface area contributed by atoms with Crippen molar-refractivity contribution < 1.29 is 21.9 Å². The number of aryl methyl sites for hydroxylation is 2. The second-order valence-electron chi connectivity index (χ2n) is 7.11. The Labute approximate surface area is 188 Å². The fraction of sp³-hybridized carbons (Fsp3) is 0.190. The fourth-order valence-corrected chi connectivity index (χ4v) is 4.43. The molecule has 0 N–H and O–H groups in total. The molecule has 4 rings (SSSR count). The molecule has 1 aromatic carbocycles.